The zero-order valence-electron chi connectivity index (χ0n) is 22.5. The van der Waals surface area contributed by atoms with Gasteiger partial charge >= 0.3 is 17.6 Å². The Hall–Kier alpha value is -4.58. The molecule has 1 saturated heterocycles. The van der Waals surface area contributed by atoms with Crippen LogP contribution in [0.15, 0.2) is 61.2 Å². The van der Waals surface area contributed by atoms with E-state index in [1.54, 1.807) is 18.2 Å². The van der Waals surface area contributed by atoms with E-state index >= 15 is 0 Å². The van der Waals surface area contributed by atoms with Gasteiger partial charge in [-0.05, 0) is 36.3 Å². The molecule has 0 radical (unpaired) electrons. The number of nitrogens with zero attached hydrogens (tertiary/aromatic N) is 6. The first-order valence-corrected chi connectivity index (χ1v) is 15.0. The van der Waals surface area contributed by atoms with Crippen LogP contribution in [0.5, 0.6) is 0 Å². The number of aryl methyl sites for hydroxylation is 1. The molecule has 0 aliphatic carbocycles. The van der Waals surface area contributed by atoms with Gasteiger partial charge in [-0.1, -0.05) is 12.1 Å². The lowest BCUT2D eigenvalue weighted by Gasteiger charge is -2.49. The second-order valence-corrected chi connectivity index (χ2v) is 11.3. The van der Waals surface area contributed by atoms with Crippen LogP contribution in [0.25, 0.3) is 5.65 Å². The minimum absolute atomic E-state index is 0.109. The number of carbonyl (C=O) groups is 4. The predicted molar refractivity (Wildman–Crippen MR) is 151 cm³/mol. The van der Waals surface area contributed by atoms with Gasteiger partial charge in [0.1, 0.15) is 28.7 Å². The summed E-state index contributed by atoms with van der Waals surface area (Å²) in [5, 5.41) is 33.4. The van der Waals surface area contributed by atoms with Gasteiger partial charge < -0.3 is 24.8 Å². The molecule has 2 aliphatic heterocycles. The monoisotopic (exact) mass is 631 g/mol. The van der Waals surface area contributed by atoms with Crippen molar-refractivity contribution in [3.8, 4) is 0 Å². The smallest absolute Gasteiger partial charge is 0.367 e. The zero-order chi connectivity index (χ0) is 30.7. The van der Waals surface area contributed by atoms with Gasteiger partial charge in [0.25, 0.3) is 11.8 Å². The Labute approximate surface area is 250 Å². The topological polar surface area (TPSA) is 211 Å². The predicted octanol–water partition coefficient (Wildman–Crippen LogP) is 0.620. The van der Waals surface area contributed by atoms with Gasteiger partial charge in [0.15, 0.2) is 11.4 Å². The molecule has 2 amide bonds. The minimum Gasteiger partial charge on any atom is -0.481 e. The van der Waals surface area contributed by atoms with Gasteiger partial charge in [-0.2, -0.15) is 9.61 Å². The van der Waals surface area contributed by atoms with Crippen molar-refractivity contribution < 1.29 is 38.6 Å². The van der Waals surface area contributed by atoms with Crippen LogP contribution in [-0.2, 0) is 30.6 Å². The molecule has 0 spiro atoms. The summed E-state index contributed by atoms with van der Waals surface area (Å²) < 4.78 is 7.34. The van der Waals surface area contributed by atoms with Gasteiger partial charge in [-0.3, -0.25) is 19.3 Å². The number of hydrogen-bond acceptors (Lipinski definition) is 12. The largest absolute Gasteiger partial charge is 0.481 e. The van der Waals surface area contributed by atoms with Crippen LogP contribution in [0.3, 0.4) is 0 Å². The molecule has 5 rings (SSSR count). The van der Waals surface area contributed by atoms with E-state index in [1.807, 2.05) is 6.92 Å². The fourth-order valence-corrected chi connectivity index (χ4v) is 6.63. The van der Waals surface area contributed by atoms with Crippen LogP contribution in [0.1, 0.15) is 25.5 Å². The number of fused-ring (bicyclic) bond motifs is 2. The number of hydrogen-bond donors (Lipinski definition) is 3. The van der Waals surface area contributed by atoms with E-state index in [4.69, 9.17) is 14.4 Å². The molecule has 3 aromatic rings. The summed E-state index contributed by atoms with van der Waals surface area (Å²) >= 11 is 2.47. The number of rotatable bonds is 13. The second kappa shape index (κ2) is 12.7. The number of carboxylic acid groups (broad SMARTS) is 2. The van der Waals surface area contributed by atoms with Crippen LogP contribution in [-0.4, -0.2) is 93.5 Å². The highest BCUT2D eigenvalue weighted by Crippen LogP contribution is 2.41. The summed E-state index contributed by atoms with van der Waals surface area (Å²) in [6, 6.07) is 5.28. The summed E-state index contributed by atoms with van der Waals surface area (Å²) in [5.74, 6) is -3.06. The summed E-state index contributed by atoms with van der Waals surface area (Å²) in [6.07, 6.45) is 1.76. The zero-order valence-corrected chi connectivity index (χ0v) is 24.2. The molecular weight excluding hydrogens is 606 g/mol. The van der Waals surface area contributed by atoms with Crippen molar-refractivity contribution in [2.24, 2.45) is 5.16 Å². The van der Waals surface area contributed by atoms with Crippen molar-refractivity contribution in [1.29, 1.82) is 0 Å². The Morgan fingerprint density at radius 3 is 2.74 bits per heavy atom. The first kappa shape index (κ1) is 29.9. The van der Waals surface area contributed by atoms with Crippen molar-refractivity contribution in [2.45, 2.75) is 42.8 Å². The number of aliphatic carboxylic acids is 2. The van der Waals surface area contributed by atoms with Crippen LogP contribution in [0.2, 0.25) is 0 Å². The van der Waals surface area contributed by atoms with Crippen LogP contribution in [0.4, 0.5) is 0 Å². The maximum absolute atomic E-state index is 13.1. The van der Waals surface area contributed by atoms with E-state index in [0.717, 1.165) is 14.1 Å². The Balaban J connectivity index is 1.29. The number of carbonyl (C=O) groups excluding carboxylic acids is 2. The van der Waals surface area contributed by atoms with Gasteiger partial charge in [0.05, 0.1) is 19.2 Å². The number of furan rings is 1. The number of amides is 2. The Morgan fingerprint density at radius 1 is 1.23 bits per heavy atom. The van der Waals surface area contributed by atoms with E-state index in [2.05, 4.69) is 20.7 Å². The Bertz CT molecular complexity index is 1700. The SMILES string of the molecule is CCCON=C(C(=O)NC1C(=O)N2C(C(=O)O)=C(CSc3ccc4nn(CCC(=O)O)c(=O)n4n3)CS[C@@H]12)c1ccco1. The lowest BCUT2D eigenvalue weighted by atomic mass is 10.0. The second-order valence-electron chi connectivity index (χ2n) is 9.25. The Morgan fingerprint density at radius 2 is 2.05 bits per heavy atom. The molecule has 2 atom stereocenters. The molecule has 2 aliphatic rings. The number of aromatic nitrogens is 4. The summed E-state index contributed by atoms with van der Waals surface area (Å²) in [6.45, 7) is 2.04. The van der Waals surface area contributed by atoms with Crippen LogP contribution >= 0.6 is 23.5 Å². The highest BCUT2D eigenvalue weighted by Gasteiger charge is 2.54. The Kier molecular flexibility index (Phi) is 8.86. The van der Waals surface area contributed by atoms with Gasteiger partial charge in [0.2, 0.25) is 5.71 Å². The lowest BCUT2D eigenvalue weighted by Crippen LogP contribution is -2.71. The van der Waals surface area contributed by atoms with Crippen molar-refractivity contribution in [1.82, 2.24) is 29.6 Å². The van der Waals surface area contributed by atoms with Crippen molar-refractivity contribution in [3.63, 3.8) is 0 Å². The number of thioether (sulfide) groups is 2. The summed E-state index contributed by atoms with van der Waals surface area (Å²) in [4.78, 5) is 68.1. The molecule has 16 nitrogen and oxygen atoms in total. The van der Waals surface area contributed by atoms with E-state index in [1.165, 1.54) is 35.9 Å². The fraction of sp³-hybridized carbons (Fsp3) is 0.360. The van der Waals surface area contributed by atoms with E-state index < -0.39 is 40.9 Å². The molecule has 18 heteroatoms. The average molecular weight is 632 g/mol. The van der Waals surface area contributed by atoms with Crippen molar-refractivity contribution >= 4 is 58.6 Å². The van der Waals surface area contributed by atoms with Crippen molar-refractivity contribution in [2.75, 3.05) is 18.1 Å². The quantitative estimate of drug-likeness (QED) is 0.0777. The molecule has 5 heterocycles. The third-order valence-corrected chi connectivity index (χ3v) is 8.65. The van der Waals surface area contributed by atoms with E-state index in [9.17, 15) is 29.1 Å². The maximum Gasteiger partial charge on any atom is 0.367 e. The first-order valence-electron chi connectivity index (χ1n) is 13.0. The van der Waals surface area contributed by atoms with Gasteiger partial charge in [-0.15, -0.1) is 28.6 Å². The van der Waals surface area contributed by atoms with Gasteiger partial charge in [0, 0.05) is 11.5 Å². The van der Waals surface area contributed by atoms with Crippen LogP contribution < -0.4 is 11.0 Å². The molecule has 1 fully saturated rings. The minimum atomic E-state index is -1.29. The normalized spacial score (nSPS) is 18.4. The molecule has 3 N–H and O–H groups in total. The molecule has 0 saturated carbocycles. The average Bonchev–Trinajstić information content (AvgIpc) is 3.63. The fourth-order valence-electron chi connectivity index (χ4n) is 4.29. The maximum atomic E-state index is 13.1. The number of β-lactam (4-membered cyclic amide) rings is 1. The molecular formula is C25H25N7O9S2. The number of nitrogens with one attached hydrogen (secondary N) is 1. The molecule has 1 unspecified atom stereocenters. The standard InChI is InChI=1S/C25H25N7O9S2/c1-2-9-41-29-18(14-4-3-10-40-14)21(35)26-19-22(36)31-20(24(37)38)13(12-43-23(19)31)11-42-16-6-5-15-27-30(8-7-17(33)34)25(39)32(15)28-16/h3-6,10,19,23H,2,7-9,11-12H2,1H3,(H,26,35)(H,33,34)(H,37,38)/t19?,23-/m0/s1. The third-order valence-electron chi connectivity index (χ3n) is 6.30. The lowest BCUT2D eigenvalue weighted by molar-refractivity contribution is -0.150. The van der Waals surface area contributed by atoms with Gasteiger partial charge in [-0.25, -0.2) is 14.3 Å². The number of carboxylic acids is 2. The highest BCUT2D eigenvalue weighted by molar-refractivity contribution is 8.01. The molecule has 0 bridgehead atoms. The molecule has 226 valence electrons. The molecule has 0 aromatic carbocycles. The highest BCUT2D eigenvalue weighted by atomic mass is 32.2. The van der Waals surface area contributed by atoms with Crippen molar-refractivity contribution in [3.05, 3.63) is 58.0 Å². The number of oxime groups is 1. The van der Waals surface area contributed by atoms with E-state index in [0.29, 0.717) is 17.0 Å². The third kappa shape index (κ3) is 6.14. The van der Waals surface area contributed by atoms with Crippen LogP contribution in [0, 0.1) is 0 Å². The first-order chi connectivity index (χ1) is 20.7. The van der Waals surface area contributed by atoms with E-state index in [-0.39, 0.29) is 53.9 Å². The summed E-state index contributed by atoms with van der Waals surface area (Å²) in [7, 11) is 0. The molecule has 3 aromatic heterocycles. The molecule has 43 heavy (non-hydrogen) atoms. The summed E-state index contributed by atoms with van der Waals surface area (Å²) in [5.41, 5.74) is -0.214.